The number of para-hydroxylation sites is 1. The first-order valence-electron chi connectivity index (χ1n) is 7.01. The van der Waals surface area contributed by atoms with Gasteiger partial charge in [-0.25, -0.2) is 4.79 Å². The third kappa shape index (κ3) is 5.98. The molecule has 0 bridgehead atoms. The molecule has 4 nitrogen and oxygen atoms in total. The van der Waals surface area contributed by atoms with Crippen LogP contribution in [0.3, 0.4) is 0 Å². The Morgan fingerprint density at radius 1 is 1.24 bits per heavy atom. The Labute approximate surface area is 131 Å². The summed E-state index contributed by atoms with van der Waals surface area (Å²) in [6.45, 7) is 8.25. The largest absolute Gasteiger partial charge is 0.387 e. The SMILES string of the molecule is CSCC(C)(O)CNC(=O)Nc1ccccc1C(C)(C)C. The zero-order chi connectivity index (χ0) is 16.1. The molecule has 1 aromatic rings. The average molecular weight is 310 g/mol. The first-order valence-corrected chi connectivity index (χ1v) is 8.41. The van der Waals surface area contributed by atoms with Gasteiger partial charge < -0.3 is 15.7 Å². The van der Waals surface area contributed by atoms with Crippen molar-refractivity contribution in [3.05, 3.63) is 29.8 Å². The maximum atomic E-state index is 12.0. The van der Waals surface area contributed by atoms with Crippen LogP contribution in [0.2, 0.25) is 0 Å². The van der Waals surface area contributed by atoms with E-state index in [0.717, 1.165) is 11.3 Å². The number of amides is 2. The summed E-state index contributed by atoms with van der Waals surface area (Å²) in [6.07, 6.45) is 1.92. The van der Waals surface area contributed by atoms with Crippen LogP contribution in [0.15, 0.2) is 24.3 Å². The highest BCUT2D eigenvalue weighted by Crippen LogP contribution is 2.29. The second-order valence-electron chi connectivity index (χ2n) is 6.53. The van der Waals surface area contributed by atoms with Gasteiger partial charge in [-0.15, -0.1) is 0 Å². The summed E-state index contributed by atoms with van der Waals surface area (Å²) in [4.78, 5) is 12.0. The molecule has 1 atom stereocenters. The number of rotatable bonds is 5. The summed E-state index contributed by atoms with van der Waals surface area (Å²) in [5.74, 6) is 0.575. The van der Waals surface area contributed by atoms with Crippen molar-refractivity contribution in [3.8, 4) is 0 Å². The molecule has 21 heavy (non-hydrogen) atoms. The predicted octanol–water partition coefficient (Wildman–Crippen LogP) is 3.22. The maximum absolute atomic E-state index is 12.0. The van der Waals surface area contributed by atoms with Gasteiger partial charge in [-0.3, -0.25) is 0 Å². The number of carbonyl (C=O) groups excluding carboxylic acids is 1. The standard InChI is InChI=1S/C16H26N2O2S/c1-15(2,3)12-8-6-7-9-13(12)18-14(19)17-10-16(4,20)11-21-5/h6-9,20H,10-11H2,1-5H3,(H2,17,18,19). The fourth-order valence-electron chi connectivity index (χ4n) is 2.05. The van der Waals surface area contributed by atoms with Crippen molar-refractivity contribution in [2.45, 2.75) is 38.7 Å². The number of hydrogen-bond acceptors (Lipinski definition) is 3. The number of hydrogen-bond donors (Lipinski definition) is 3. The average Bonchev–Trinajstić information content (AvgIpc) is 2.36. The molecule has 0 aliphatic carbocycles. The monoisotopic (exact) mass is 310 g/mol. The fraction of sp³-hybridized carbons (Fsp3) is 0.562. The van der Waals surface area contributed by atoms with E-state index in [1.807, 2.05) is 30.5 Å². The molecule has 0 aliphatic rings. The minimum Gasteiger partial charge on any atom is -0.387 e. The van der Waals surface area contributed by atoms with Crippen molar-refractivity contribution >= 4 is 23.5 Å². The molecule has 1 unspecified atom stereocenters. The van der Waals surface area contributed by atoms with E-state index in [-0.39, 0.29) is 18.0 Å². The van der Waals surface area contributed by atoms with Crippen LogP contribution in [0.4, 0.5) is 10.5 Å². The zero-order valence-corrected chi connectivity index (χ0v) is 14.3. The molecule has 0 spiro atoms. The number of thioether (sulfide) groups is 1. The van der Waals surface area contributed by atoms with Crippen LogP contribution in [0.25, 0.3) is 0 Å². The second kappa shape index (κ2) is 7.18. The van der Waals surface area contributed by atoms with Crippen molar-refractivity contribution in [1.29, 1.82) is 0 Å². The predicted molar refractivity (Wildman–Crippen MR) is 91.2 cm³/mol. The van der Waals surface area contributed by atoms with Gasteiger partial charge in [0.05, 0.1) is 5.60 Å². The van der Waals surface area contributed by atoms with Crippen molar-refractivity contribution < 1.29 is 9.90 Å². The molecule has 1 aromatic carbocycles. The number of benzene rings is 1. The van der Waals surface area contributed by atoms with Gasteiger partial charge in [0.1, 0.15) is 0 Å². The molecule has 0 saturated carbocycles. The van der Waals surface area contributed by atoms with Crippen LogP contribution in [0.1, 0.15) is 33.3 Å². The summed E-state index contributed by atoms with van der Waals surface area (Å²) in [7, 11) is 0. The van der Waals surface area contributed by atoms with E-state index in [0.29, 0.717) is 5.75 Å². The molecule has 118 valence electrons. The number of urea groups is 1. The third-order valence-corrected chi connectivity index (χ3v) is 3.98. The Kier molecular flexibility index (Phi) is 6.10. The number of carbonyl (C=O) groups is 1. The van der Waals surface area contributed by atoms with Crippen molar-refractivity contribution in [2.75, 3.05) is 23.9 Å². The number of nitrogens with one attached hydrogen (secondary N) is 2. The Morgan fingerprint density at radius 2 is 1.86 bits per heavy atom. The molecule has 0 heterocycles. The van der Waals surface area contributed by atoms with Crippen LogP contribution in [-0.2, 0) is 5.41 Å². The van der Waals surface area contributed by atoms with E-state index in [1.165, 1.54) is 0 Å². The second-order valence-corrected chi connectivity index (χ2v) is 7.40. The van der Waals surface area contributed by atoms with E-state index < -0.39 is 5.60 Å². The van der Waals surface area contributed by atoms with Gasteiger partial charge in [0.15, 0.2) is 0 Å². The van der Waals surface area contributed by atoms with E-state index in [9.17, 15) is 9.90 Å². The van der Waals surface area contributed by atoms with Crippen LogP contribution in [-0.4, -0.2) is 35.3 Å². The molecule has 0 radical (unpaired) electrons. The molecule has 0 saturated heterocycles. The van der Waals surface area contributed by atoms with E-state index in [1.54, 1.807) is 18.7 Å². The van der Waals surface area contributed by atoms with E-state index >= 15 is 0 Å². The lowest BCUT2D eigenvalue weighted by molar-refractivity contribution is 0.0876. The molecule has 0 aromatic heterocycles. The molecular weight excluding hydrogens is 284 g/mol. The van der Waals surface area contributed by atoms with E-state index in [2.05, 4.69) is 31.4 Å². The van der Waals surface area contributed by atoms with Crippen LogP contribution >= 0.6 is 11.8 Å². The minimum absolute atomic E-state index is 0.0474. The van der Waals surface area contributed by atoms with Gasteiger partial charge in [-0.1, -0.05) is 39.0 Å². The van der Waals surface area contributed by atoms with Gasteiger partial charge in [-0.2, -0.15) is 11.8 Å². The lowest BCUT2D eigenvalue weighted by Crippen LogP contribution is -2.44. The van der Waals surface area contributed by atoms with E-state index in [4.69, 9.17) is 0 Å². The summed E-state index contributed by atoms with van der Waals surface area (Å²) in [6, 6.07) is 7.47. The van der Waals surface area contributed by atoms with Gasteiger partial charge in [0, 0.05) is 18.0 Å². The normalized spacial score (nSPS) is 14.4. The number of aliphatic hydroxyl groups is 1. The zero-order valence-electron chi connectivity index (χ0n) is 13.5. The van der Waals surface area contributed by atoms with Gasteiger partial charge in [0.25, 0.3) is 0 Å². The lowest BCUT2D eigenvalue weighted by Gasteiger charge is -2.25. The number of anilines is 1. The Morgan fingerprint density at radius 3 is 2.43 bits per heavy atom. The highest BCUT2D eigenvalue weighted by molar-refractivity contribution is 7.98. The van der Waals surface area contributed by atoms with Crippen molar-refractivity contribution in [2.24, 2.45) is 0 Å². The third-order valence-electron chi connectivity index (χ3n) is 3.07. The smallest absolute Gasteiger partial charge is 0.319 e. The Balaban J connectivity index is 2.68. The Hall–Kier alpha value is -1.20. The van der Waals surface area contributed by atoms with Crippen LogP contribution in [0, 0.1) is 0 Å². The molecule has 3 N–H and O–H groups in total. The molecule has 5 heteroatoms. The molecular formula is C16H26N2O2S. The van der Waals surface area contributed by atoms with Gasteiger partial charge in [0.2, 0.25) is 0 Å². The summed E-state index contributed by atoms with van der Waals surface area (Å²) in [5.41, 5.74) is 0.928. The molecule has 0 fully saturated rings. The van der Waals surface area contributed by atoms with Crippen molar-refractivity contribution in [3.63, 3.8) is 0 Å². The molecule has 0 aliphatic heterocycles. The maximum Gasteiger partial charge on any atom is 0.319 e. The quantitative estimate of drug-likeness (QED) is 0.782. The summed E-state index contributed by atoms with van der Waals surface area (Å²) in [5, 5.41) is 15.6. The minimum atomic E-state index is -0.902. The first-order chi connectivity index (χ1) is 9.65. The Bertz CT molecular complexity index is 481. The van der Waals surface area contributed by atoms with Gasteiger partial charge in [-0.05, 0) is 30.2 Å². The van der Waals surface area contributed by atoms with Crippen LogP contribution < -0.4 is 10.6 Å². The molecule has 2 amide bonds. The fourth-order valence-corrected chi connectivity index (χ4v) is 2.77. The molecule has 1 rings (SSSR count). The lowest BCUT2D eigenvalue weighted by atomic mass is 9.86. The summed E-state index contributed by atoms with van der Waals surface area (Å²) < 4.78 is 0. The van der Waals surface area contributed by atoms with Crippen molar-refractivity contribution in [1.82, 2.24) is 5.32 Å². The highest BCUT2D eigenvalue weighted by Gasteiger charge is 2.22. The summed E-state index contributed by atoms with van der Waals surface area (Å²) >= 11 is 1.55. The van der Waals surface area contributed by atoms with Crippen LogP contribution in [0.5, 0.6) is 0 Å². The first kappa shape index (κ1) is 17.9. The topological polar surface area (TPSA) is 61.4 Å². The van der Waals surface area contributed by atoms with Gasteiger partial charge >= 0.3 is 6.03 Å². The highest BCUT2D eigenvalue weighted by atomic mass is 32.2.